The maximum absolute atomic E-state index is 12.9. The van der Waals surface area contributed by atoms with E-state index in [1.54, 1.807) is 12.1 Å². The van der Waals surface area contributed by atoms with Gasteiger partial charge in [0, 0.05) is 5.56 Å². The second kappa shape index (κ2) is 5.53. The van der Waals surface area contributed by atoms with Gasteiger partial charge in [0.15, 0.2) is 16.7 Å². The Morgan fingerprint density at radius 1 is 1.16 bits per heavy atom. The van der Waals surface area contributed by atoms with Crippen LogP contribution in [0.1, 0.15) is 25.5 Å². The molecule has 3 nitrogen and oxygen atoms in total. The van der Waals surface area contributed by atoms with Gasteiger partial charge in [-0.1, -0.05) is 25.4 Å². The Kier molecular flexibility index (Phi) is 4.00. The third-order valence-electron chi connectivity index (χ3n) is 2.70. The quantitative estimate of drug-likeness (QED) is 0.795. The zero-order chi connectivity index (χ0) is 14.0. The van der Waals surface area contributed by atoms with Gasteiger partial charge in [-0.2, -0.15) is 0 Å². The smallest absolute Gasteiger partial charge is 0.178 e. The van der Waals surface area contributed by atoms with E-state index in [0.29, 0.717) is 17.1 Å². The second-order valence-corrected chi connectivity index (χ2v) is 4.78. The van der Waals surface area contributed by atoms with Crippen molar-refractivity contribution in [2.45, 2.75) is 19.8 Å². The lowest BCUT2D eigenvalue weighted by Gasteiger charge is -2.13. The first kappa shape index (κ1) is 13.7. The number of hydrogen-bond acceptors (Lipinski definition) is 3. The molecule has 0 amide bonds. The van der Waals surface area contributed by atoms with Crippen molar-refractivity contribution in [2.75, 3.05) is 7.11 Å². The average molecular weight is 281 g/mol. The van der Waals surface area contributed by atoms with Gasteiger partial charge in [-0.3, -0.25) is 0 Å². The van der Waals surface area contributed by atoms with Gasteiger partial charge >= 0.3 is 0 Å². The van der Waals surface area contributed by atoms with Gasteiger partial charge in [0.05, 0.1) is 12.8 Å². The van der Waals surface area contributed by atoms with Crippen LogP contribution in [0.4, 0.5) is 4.39 Å². The Labute approximate surface area is 116 Å². The number of methoxy groups -OCH3 is 1. The summed E-state index contributed by atoms with van der Waals surface area (Å²) in [7, 11) is 1.54. The van der Waals surface area contributed by atoms with E-state index in [9.17, 15) is 4.39 Å². The van der Waals surface area contributed by atoms with Crippen LogP contribution in [0, 0.1) is 5.82 Å². The minimum absolute atomic E-state index is 0.148. The van der Waals surface area contributed by atoms with Gasteiger partial charge in [-0.15, -0.1) is 0 Å². The van der Waals surface area contributed by atoms with Crippen molar-refractivity contribution in [2.24, 2.45) is 0 Å². The van der Waals surface area contributed by atoms with Crippen molar-refractivity contribution >= 4 is 11.6 Å². The van der Waals surface area contributed by atoms with E-state index in [0.717, 1.165) is 5.69 Å². The molecule has 0 fully saturated rings. The van der Waals surface area contributed by atoms with Gasteiger partial charge in [-0.25, -0.2) is 14.4 Å². The fourth-order valence-electron chi connectivity index (χ4n) is 1.75. The molecule has 0 atom stereocenters. The minimum Gasteiger partial charge on any atom is -0.492 e. The zero-order valence-electron chi connectivity index (χ0n) is 10.9. The van der Waals surface area contributed by atoms with Crippen molar-refractivity contribution in [1.29, 1.82) is 0 Å². The van der Waals surface area contributed by atoms with Gasteiger partial charge in [-0.05, 0) is 30.2 Å². The molecule has 1 aromatic carbocycles. The van der Waals surface area contributed by atoms with Gasteiger partial charge in [0.1, 0.15) is 5.82 Å². The molecule has 5 heteroatoms. The Morgan fingerprint density at radius 2 is 1.79 bits per heavy atom. The fraction of sp³-hybridized carbons (Fsp3) is 0.286. The lowest BCUT2D eigenvalue weighted by molar-refractivity contribution is 0.402. The highest BCUT2D eigenvalue weighted by atomic mass is 35.5. The van der Waals surface area contributed by atoms with Crippen LogP contribution in [0.25, 0.3) is 11.4 Å². The Morgan fingerprint density at radius 3 is 2.32 bits per heavy atom. The molecule has 0 N–H and O–H groups in total. The summed E-state index contributed by atoms with van der Waals surface area (Å²) in [6, 6.07) is 5.98. The summed E-state index contributed by atoms with van der Waals surface area (Å²) < 4.78 is 18.2. The van der Waals surface area contributed by atoms with E-state index in [1.165, 1.54) is 19.2 Å². The molecule has 0 saturated carbocycles. The first-order valence-electron chi connectivity index (χ1n) is 5.90. The molecular weight excluding hydrogens is 267 g/mol. The SMILES string of the molecule is COc1c(Cl)nc(-c2ccc(F)cc2)nc1C(C)C. The summed E-state index contributed by atoms with van der Waals surface area (Å²) in [5.74, 6) is 0.805. The summed E-state index contributed by atoms with van der Waals surface area (Å²) in [6.45, 7) is 3.99. The average Bonchev–Trinajstić information content (AvgIpc) is 2.38. The zero-order valence-corrected chi connectivity index (χ0v) is 11.7. The van der Waals surface area contributed by atoms with Crippen LogP contribution in [0.3, 0.4) is 0 Å². The molecule has 0 unspecified atom stereocenters. The third-order valence-corrected chi connectivity index (χ3v) is 2.96. The largest absolute Gasteiger partial charge is 0.492 e. The molecule has 0 bridgehead atoms. The minimum atomic E-state index is -0.299. The molecule has 0 aliphatic carbocycles. The summed E-state index contributed by atoms with van der Waals surface area (Å²) in [5.41, 5.74) is 1.45. The van der Waals surface area contributed by atoms with Crippen LogP contribution >= 0.6 is 11.6 Å². The lowest BCUT2D eigenvalue weighted by atomic mass is 10.1. The van der Waals surface area contributed by atoms with Crippen LogP contribution in [0.2, 0.25) is 5.15 Å². The number of halogens is 2. The monoisotopic (exact) mass is 280 g/mol. The number of aromatic nitrogens is 2. The molecule has 2 rings (SSSR count). The Bertz CT molecular complexity index is 585. The fourth-order valence-corrected chi connectivity index (χ4v) is 2.00. The van der Waals surface area contributed by atoms with Crippen molar-refractivity contribution < 1.29 is 9.13 Å². The Balaban J connectivity index is 2.56. The van der Waals surface area contributed by atoms with Crippen molar-refractivity contribution in [3.8, 4) is 17.1 Å². The molecule has 2 aromatic rings. The molecule has 100 valence electrons. The maximum Gasteiger partial charge on any atom is 0.178 e. The summed E-state index contributed by atoms with van der Waals surface area (Å²) in [5, 5.41) is 0.264. The molecule has 1 heterocycles. The van der Waals surface area contributed by atoms with E-state index in [-0.39, 0.29) is 16.9 Å². The van der Waals surface area contributed by atoms with E-state index in [2.05, 4.69) is 9.97 Å². The first-order chi connectivity index (χ1) is 9.02. The molecule has 0 saturated heterocycles. The molecule has 1 aromatic heterocycles. The van der Waals surface area contributed by atoms with Crippen LogP contribution in [-0.2, 0) is 0 Å². The molecule has 0 aliphatic heterocycles. The predicted molar refractivity (Wildman–Crippen MR) is 73.1 cm³/mol. The highest BCUT2D eigenvalue weighted by molar-refractivity contribution is 6.31. The number of rotatable bonds is 3. The lowest BCUT2D eigenvalue weighted by Crippen LogP contribution is -2.03. The van der Waals surface area contributed by atoms with Crippen LogP contribution in [-0.4, -0.2) is 17.1 Å². The number of hydrogen-bond donors (Lipinski definition) is 0. The van der Waals surface area contributed by atoms with Gasteiger partial charge in [0.2, 0.25) is 0 Å². The highest BCUT2D eigenvalue weighted by Crippen LogP contribution is 2.32. The molecule has 0 radical (unpaired) electrons. The number of benzene rings is 1. The molecule has 19 heavy (non-hydrogen) atoms. The summed E-state index contributed by atoms with van der Waals surface area (Å²) in [6.07, 6.45) is 0. The molecule has 0 aliphatic rings. The van der Waals surface area contributed by atoms with Crippen molar-refractivity contribution in [3.05, 3.63) is 40.9 Å². The van der Waals surface area contributed by atoms with E-state index < -0.39 is 0 Å². The summed E-state index contributed by atoms with van der Waals surface area (Å²) >= 11 is 6.11. The van der Waals surface area contributed by atoms with Crippen molar-refractivity contribution in [3.63, 3.8) is 0 Å². The van der Waals surface area contributed by atoms with E-state index in [4.69, 9.17) is 16.3 Å². The van der Waals surface area contributed by atoms with Crippen LogP contribution in [0.5, 0.6) is 5.75 Å². The standard InChI is InChI=1S/C14H14ClFN2O/c1-8(2)11-12(19-3)13(15)18-14(17-11)9-4-6-10(16)7-5-9/h4-8H,1-3H3. The highest BCUT2D eigenvalue weighted by Gasteiger charge is 2.17. The maximum atomic E-state index is 12.9. The van der Waals surface area contributed by atoms with Gasteiger partial charge < -0.3 is 4.74 Å². The topological polar surface area (TPSA) is 35.0 Å². The number of nitrogens with zero attached hydrogens (tertiary/aromatic N) is 2. The molecular formula is C14H14ClFN2O. The van der Waals surface area contributed by atoms with Crippen LogP contribution in [0.15, 0.2) is 24.3 Å². The third kappa shape index (κ3) is 2.84. The van der Waals surface area contributed by atoms with E-state index >= 15 is 0 Å². The normalized spacial score (nSPS) is 10.8. The molecule has 0 spiro atoms. The first-order valence-corrected chi connectivity index (χ1v) is 6.28. The predicted octanol–water partition coefficient (Wildman–Crippen LogP) is 4.07. The van der Waals surface area contributed by atoms with Crippen molar-refractivity contribution in [1.82, 2.24) is 9.97 Å². The van der Waals surface area contributed by atoms with Crippen LogP contribution < -0.4 is 4.74 Å². The summed E-state index contributed by atoms with van der Waals surface area (Å²) in [4.78, 5) is 8.65. The Hall–Kier alpha value is -1.68. The second-order valence-electron chi connectivity index (χ2n) is 4.42. The number of ether oxygens (including phenoxy) is 1. The van der Waals surface area contributed by atoms with E-state index in [1.807, 2.05) is 13.8 Å². The van der Waals surface area contributed by atoms with Gasteiger partial charge in [0.25, 0.3) is 0 Å².